The normalized spacial score (nSPS) is 10.6. The van der Waals surface area contributed by atoms with E-state index in [0.717, 1.165) is 33.3 Å². The zero-order valence-electron chi connectivity index (χ0n) is 17.0. The lowest BCUT2D eigenvalue weighted by molar-refractivity contribution is 0.0954. The van der Waals surface area contributed by atoms with E-state index in [-0.39, 0.29) is 5.91 Å². The number of thiazole rings is 1. The number of carbonyl (C=O) groups is 1. The van der Waals surface area contributed by atoms with E-state index in [1.54, 1.807) is 0 Å². The predicted molar refractivity (Wildman–Crippen MR) is 118 cm³/mol. The first kappa shape index (κ1) is 19.9. The number of carbonyl (C=O) groups excluding carboxylic acids is 1. The molecule has 0 saturated heterocycles. The molecule has 146 valence electrons. The zero-order valence-corrected chi connectivity index (χ0v) is 17.8. The summed E-state index contributed by atoms with van der Waals surface area (Å²) < 4.78 is 0. The van der Waals surface area contributed by atoms with Crippen molar-refractivity contribution in [3.8, 4) is 0 Å². The lowest BCUT2D eigenvalue weighted by Gasteiger charge is -2.12. The highest BCUT2D eigenvalue weighted by atomic mass is 32.1. The molecule has 3 rings (SSSR count). The molecule has 0 fully saturated rings. The van der Waals surface area contributed by atoms with E-state index in [1.165, 1.54) is 16.9 Å². The van der Waals surface area contributed by atoms with E-state index in [0.29, 0.717) is 11.4 Å². The molecular formula is C22H26N4OS. The molecule has 1 amide bonds. The van der Waals surface area contributed by atoms with Gasteiger partial charge in [-0.2, -0.15) is 0 Å². The second-order valence-electron chi connectivity index (χ2n) is 7.12. The summed E-state index contributed by atoms with van der Waals surface area (Å²) in [7, 11) is 4.01. The maximum absolute atomic E-state index is 12.6. The van der Waals surface area contributed by atoms with Crippen LogP contribution in [0.1, 0.15) is 32.1 Å². The number of hydrogen-bond donors (Lipinski definition) is 2. The van der Waals surface area contributed by atoms with Crippen LogP contribution in [0.25, 0.3) is 0 Å². The summed E-state index contributed by atoms with van der Waals surface area (Å²) in [4.78, 5) is 19.8. The fourth-order valence-corrected chi connectivity index (χ4v) is 3.80. The number of aryl methyl sites for hydroxylation is 3. The predicted octanol–water partition coefficient (Wildman–Crippen LogP) is 4.81. The van der Waals surface area contributed by atoms with Gasteiger partial charge in [-0.25, -0.2) is 4.98 Å². The van der Waals surface area contributed by atoms with Gasteiger partial charge in [0, 0.05) is 32.0 Å². The van der Waals surface area contributed by atoms with Crippen LogP contribution in [0.2, 0.25) is 0 Å². The second-order valence-corrected chi connectivity index (χ2v) is 8.12. The Hall–Kier alpha value is -2.86. The quantitative estimate of drug-likeness (QED) is 0.630. The lowest BCUT2D eigenvalue weighted by atomic mass is 10.1. The summed E-state index contributed by atoms with van der Waals surface area (Å²) in [5.41, 5.74) is 6.31. The average Bonchev–Trinajstić information content (AvgIpc) is 3.03. The van der Waals surface area contributed by atoms with E-state index in [2.05, 4.69) is 41.6 Å². The SMILES string of the molecule is Cc1ccc(Nc2nc(C)c(C(=O)NCc3ccc(N(C)C)cc3)s2)c(C)c1. The van der Waals surface area contributed by atoms with Crippen molar-refractivity contribution in [1.29, 1.82) is 0 Å². The van der Waals surface area contributed by atoms with Crippen LogP contribution in [0.15, 0.2) is 42.5 Å². The van der Waals surface area contributed by atoms with Gasteiger partial charge in [0.2, 0.25) is 0 Å². The van der Waals surface area contributed by atoms with Gasteiger partial charge in [0.05, 0.1) is 5.69 Å². The van der Waals surface area contributed by atoms with E-state index in [1.807, 2.05) is 56.3 Å². The molecule has 0 spiro atoms. The van der Waals surface area contributed by atoms with Crippen LogP contribution in [-0.2, 0) is 6.54 Å². The van der Waals surface area contributed by atoms with Crippen LogP contribution >= 0.6 is 11.3 Å². The minimum absolute atomic E-state index is 0.0969. The van der Waals surface area contributed by atoms with Gasteiger partial charge in [-0.05, 0) is 50.1 Å². The molecule has 0 atom stereocenters. The maximum Gasteiger partial charge on any atom is 0.263 e. The highest BCUT2D eigenvalue weighted by Gasteiger charge is 2.15. The number of hydrogen-bond acceptors (Lipinski definition) is 5. The van der Waals surface area contributed by atoms with Crippen LogP contribution in [0.5, 0.6) is 0 Å². The van der Waals surface area contributed by atoms with Crippen LogP contribution < -0.4 is 15.5 Å². The Morgan fingerprint density at radius 1 is 1.07 bits per heavy atom. The van der Waals surface area contributed by atoms with Crippen molar-refractivity contribution in [1.82, 2.24) is 10.3 Å². The van der Waals surface area contributed by atoms with Crippen molar-refractivity contribution in [2.45, 2.75) is 27.3 Å². The Morgan fingerprint density at radius 3 is 2.43 bits per heavy atom. The minimum Gasteiger partial charge on any atom is -0.378 e. The Labute approximate surface area is 170 Å². The number of nitrogens with zero attached hydrogens (tertiary/aromatic N) is 2. The van der Waals surface area contributed by atoms with Gasteiger partial charge in [-0.3, -0.25) is 4.79 Å². The number of rotatable bonds is 6. The van der Waals surface area contributed by atoms with Crippen LogP contribution in [0, 0.1) is 20.8 Å². The molecule has 5 nitrogen and oxygen atoms in total. The Morgan fingerprint density at radius 2 is 1.79 bits per heavy atom. The summed E-state index contributed by atoms with van der Waals surface area (Å²) in [6, 6.07) is 14.4. The number of nitrogens with one attached hydrogen (secondary N) is 2. The second kappa shape index (κ2) is 8.44. The van der Waals surface area contributed by atoms with E-state index < -0.39 is 0 Å². The van der Waals surface area contributed by atoms with Gasteiger partial charge in [-0.1, -0.05) is 41.2 Å². The average molecular weight is 395 g/mol. The monoisotopic (exact) mass is 394 g/mol. The molecule has 0 saturated carbocycles. The molecule has 2 aromatic carbocycles. The molecule has 0 bridgehead atoms. The van der Waals surface area contributed by atoms with Crippen molar-refractivity contribution in [2.75, 3.05) is 24.3 Å². The highest BCUT2D eigenvalue weighted by Crippen LogP contribution is 2.27. The molecule has 0 aliphatic carbocycles. The zero-order chi connectivity index (χ0) is 20.3. The standard InChI is InChI=1S/C22H26N4OS/c1-14-6-11-19(15(2)12-14)25-22-24-16(3)20(28-22)21(27)23-13-17-7-9-18(10-8-17)26(4)5/h6-12H,13H2,1-5H3,(H,23,27)(H,24,25). The number of amides is 1. The number of anilines is 3. The molecule has 0 aliphatic heterocycles. The van der Waals surface area contributed by atoms with Gasteiger partial charge in [-0.15, -0.1) is 0 Å². The molecule has 6 heteroatoms. The molecule has 0 radical (unpaired) electrons. The van der Waals surface area contributed by atoms with Gasteiger partial charge < -0.3 is 15.5 Å². The third-order valence-corrected chi connectivity index (χ3v) is 5.60. The van der Waals surface area contributed by atoms with Crippen LogP contribution in [0.3, 0.4) is 0 Å². The third kappa shape index (κ3) is 4.70. The van der Waals surface area contributed by atoms with Crippen molar-refractivity contribution >= 4 is 33.8 Å². The Kier molecular flexibility index (Phi) is 5.99. The molecule has 0 unspecified atom stereocenters. The summed E-state index contributed by atoms with van der Waals surface area (Å²) >= 11 is 1.38. The largest absolute Gasteiger partial charge is 0.378 e. The van der Waals surface area contributed by atoms with Crippen LogP contribution in [0.4, 0.5) is 16.5 Å². The third-order valence-electron chi connectivity index (χ3n) is 4.53. The fourth-order valence-electron chi connectivity index (χ4n) is 2.90. The molecule has 1 aromatic heterocycles. The molecule has 0 aliphatic rings. The summed E-state index contributed by atoms with van der Waals surface area (Å²) in [6.45, 7) is 6.49. The highest BCUT2D eigenvalue weighted by molar-refractivity contribution is 7.17. The first-order valence-corrected chi connectivity index (χ1v) is 10.0. The van der Waals surface area contributed by atoms with Crippen molar-refractivity contribution in [3.63, 3.8) is 0 Å². The Bertz CT molecular complexity index is 977. The molecule has 28 heavy (non-hydrogen) atoms. The van der Waals surface area contributed by atoms with E-state index in [9.17, 15) is 4.79 Å². The molecule has 2 N–H and O–H groups in total. The molecule has 1 heterocycles. The number of aromatic nitrogens is 1. The summed E-state index contributed by atoms with van der Waals surface area (Å²) in [5.74, 6) is -0.0969. The first-order chi connectivity index (χ1) is 13.3. The summed E-state index contributed by atoms with van der Waals surface area (Å²) in [5, 5.41) is 7.05. The Balaban J connectivity index is 1.65. The topological polar surface area (TPSA) is 57.3 Å². The van der Waals surface area contributed by atoms with Gasteiger partial charge in [0.15, 0.2) is 5.13 Å². The fraction of sp³-hybridized carbons (Fsp3) is 0.273. The van der Waals surface area contributed by atoms with Gasteiger partial charge in [0.25, 0.3) is 5.91 Å². The molecule has 3 aromatic rings. The van der Waals surface area contributed by atoms with Crippen molar-refractivity contribution in [2.24, 2.45) is 0 Å². The van der Waals surface area contributed by atoms with E-state index >= 15 is 0 Å². The maximum atomic E-state index is 12.6. The van der Waals surface area contributed by atoms with Gasteiger partial charge >= 0.3 is 0 Å². The first-order valence-electron chi connectivity index (χ1n) is 9.19. The number of benzene rings is 2. The minimum atomic E-state index is -0.0969. The van der Waals surface area contributed by atoms with Crippen LogP contribution in [-0.4, -0.2) is 25.0 Å². The van der Waals surface area contributed by atoms with Gasteiger partial charge in [0.1, 0.15) is 4.88 Å². The van der Waals surface area contributed by atoms with E-state index in [4.69, 9.17) is 0 Å². The summed E-state index contributed by atoms with van der Waals surface area (Å²) in [6.07, 6.45) is 0. The lowest BCUT2D eigenvalue weighted by Crippen LogP contribution is -2.22. The van der Waals surface area contributed by atoms with Crippen molar-refractivity contribution in [3.05, 3.63) is 69.7 Å². The smallest absolute Gasteiger partial charge is 0.263 e. The van der Waals surface area contributed by atoms with Crippen molar-refractivity contribution < 1.29 is 4.79 Å². The molecular weight excluding hydrogens is 368 g/mol.